The summed E-state index contributed by atoms with van der Waals surface area (Å²) in [7, 11) is 3.04. The van der Waals surface area contributed by atoms with Gasteiger partial charge in [0.15, 0.2) is 0 Å². The molecule has 1 aromatic rings. The van der Waals surface area contributed by atoms with E-state index in [0.29, 0.717) is 19.6 Å². The van der Waals surface area contributed by atoms with Gasteiger partial charge in [0.25, 0.3) is 0 Å². The van der Waals surface area contributed by atoms with E-state index in [1.165, 1.54) is 7.11 Å². The van der Waals surface area contributed by atoms with Gasteiger partial charge in [-0.05, 0) is 24.1 Å². The molecule has 1 aromatic carbocycles. The van der Waals surface area contributed by atoms with Gasteiger partial charge in [-0.25, -0.2) is 0 Å². The number of methoxy groups -OCH3 is 2. The Morgan fingerprint density at radius 3 is 2.71 bits per heavy atom. The average molecular weight is 236 g/mol. The van der Waals surface area contributed by atoms with Gasteiger partial charge in [-0.2, -0.15) is 0 Å². The lowest BCUT2D eigenvalue weighted by Gasteiger charge is -2.38. The zero-order chi connectivity index (χ0) is 12.3. The fraction of sp³-hybridized carbons (Fsp3) is 0.462. The van der Waals surface area contributed by atoms with Crippen molar-refractivity contribution in [2.45, 2.75) is 6.42 Å². The second kappa shape index (κ2) is 4.75. The normalized spacial score (nSPS) is 17.1. The predicted molar refractivity (Wildman–Crippen MR) is 62.0 cm³/mol. The molecule has 0 atom stereocenters. The van der Waals surface area contributed by atoms with Crippen LogP contribution in [0.2, 0.25) is 0 Å². The van der Waals surface area contributed by atoms with E-state index in [1.54, 1.807) is 7.11 Å². The number of carbonyl (C=O) groups is 1. The van der Waals surface area contributed by atoms with Gasteiger partial charge in [-0.1, -0.05) is 12.1 Å². The van der Waals surface area contributed by atoms with Crippen molar-refractivity contribution >= 4 is 5.97 Å². The van der Waals surface area contributed by atoms with Crippen LogP contribution in [0.4, 0.5) is 0 Å². The Morgan fingerprint density at radius 1 is 1.41 bits per heavy atom. The third kappa shape index (κ3) is 2.26. The first-order valence-electron chi connectivity index (χ1n) is 5.49. The molecule has 4 nitrogen and oxygen atoms in total. The topological polar surface area (TPSA) is 44.8 Å². The highest BCUT2D eigenvalue weighted by Gasteiger charge is 2.47. The van der Waals surface area contributed by atoms with Crippen LogP contribution in [-0.4, -0.2) is 33.4 Å². The number of ether oxygens (including phenoxy) is 3. The molecule has 1 heterocycles. The summed E-state index contributed by atoms with van der Waals surface area (Å²) in [6.07, 6.45) is 0.622. The molecule has 17 heavy (non-hydrogen) atoms. The maximum Gasteiger partial charge on any atom is 0.316 e. The molecule has 4 heteroatoms. The lowest BCUT2D eigenvalue weighted by molar-refractivity contribution is -0.182. The van der Waals surface area contributed by atoms with Crippen molar-refractivity contribution in [3.05, 3.63) is 29.8 Å². The standard InChI is InChI=1S/C13H16O4/c1-15-11-5-3-4-10(6-11)7-13(8-17-9-13)12(14)16-2/h3-6H,7-9H2,1-2H3. The fourth-order valence-electron chi connectivity index (χ4n) is 2.03. The summed E-state index contributed by atoms with van der Waals surface area (Å²) in [4.78, 5) is 11.7. The van der Waals surface area contributed by atoms with Crippen LogP contribution in [0.3, 0.4) is 0 Å². The molecule has 0 N–H and O–H groups in total. The number of rotatable bonds is 4. The molecule has 2 rings (SSSR count). The molecule has 0 bridgehead atoms. The van der Waals surface area contributed by atoms with Crippen LogP contribution in [0.15, 0.2) is 24.3 Å². The molecule has 1 aliphatic heterocycles. The van der Waals surface area contributed by atoms with Crippen LogP contribution < -0.4 is 4.74 Å². The van der Waals surface area contributed by atoms with Gasteiger partial charge in [0.05, 0.1) is 27.4 Å². The minimum Gasteiger partial charge on any atom is -0.497 e. The predicted octanol–water partition coefficient (Wildman–Crippen LogP) is 1.43. The Kier molecular flexibility index (Phi) is 3.33. The molecule has 1 aliphatic rings. The highest BCUT2D eigenvalue weighted by molar-refractivity contribution is 5.78. The van der Waals surface area contributed by atoms with Crippen LogP contribution >= 0.6 is 0 Å². The largest absolute Gasteiger partial charge is 0.497 e. The van der Waals surface area contributed by atoms with E-state index in [-0.39, 0.29) is 5.97 Å². The van der Waals surface area contributed by atoms with Crippen molar-refractivity contribution in [1.82, 2.24) is 0 Å². The summed E-state index contributed by atoms with van der Waals surface area (Å²) in [5.41, 5.74) is 0.541. The van der Waals surface area contributed by atoms with Crippen LogP contribution in [-0.2, 0) is 20.7 Å². The smallest absolute Gasteiger partial charge is 0.316 e. The monoisotopic (exact) mass is 236 g/mol. The Balaban J connectivity index is 2.15. The van der Waals surface area contributed by atoms with Crippen molar-refractivity contribution in [2.24, 2.45) is 5.41 Å². The minimum absolute atomic E-state index is 0.202. The zero-order valence-electron chi connectivity index (χ0n) is 10.1. The SMILES string of the molecule is COC(=O)C1(Cc2cccc(OC)c2)COC1. The van der Waals surface area contributed by atoms with Crippen LogP contribution in [0.25, 0.3) is 0 Å². The van der Waals surface area contributed by atoms with Crippen LogP contribution in [0, 0.1) is 5.41 Å². The number of hydrogen-bond donors (Lipinski definition) is 0. The fourth-order valence-corrected chi connectivity index (χ4v) is 2.03. The van der Waals surface area contributed by atoms with Crippen molar-refractivity contribution in [3.63, 3.8) is 0 Å². The third-order valence-electron chi connectivity index (χ3n) is 3.05. The first kappa shape index (κ1) is 11.9. The first-order valence-corrected chi connectivity index (χ1v) is 5.49. The zero-order valence-corrected chi connectivity index (χ0v) is 10.1. The van der Waals surface area contributed by atoms with Crippen molar-refractivity contribution in [2.75, 3.05) is 27.4 Å². The number of carbonyl (C=O) groups excluding carboxylic acids is 1. The van der Waals surface area contributed by atoms with Crippen LogP contribution in [0.1, 0.15) is 5.56 Å². The molecule has 1 fully saturated rings. The van der Waals surface area contributed by atoms with Crippen molar-refractivity contribution in [3.8, 4) is 5.75 Å². The Morgan fingerprint density at radius 2 is 2.18 bits per heavy atom. The molecule has 1 saturated heterocycles. The molecule has 0 unspecified atom stereocenters. The molecule has 0 aromatic heterocycles. The summed E-state index contributed by atoms with van der Waals surface area (Å²) in [5.74, 6) is 0.592. The quantitative estimate of drug-likeness (QED) is 0.742. The average Bonchev–Trinajstić information content (AvgIpc) is 2.33. The summed E-state index contributed by atoms with van der Waals surface area (Å²) in [6.45, 7) is 0.855. The number of benzene rings is 1. The lowest BCUT2D eigenvalue weighted by Crippen LogP contribution is -2.51. The number of esters is 1. The van der Waals surface area contributed by atoms with Gasteiger partial charge >= 0.3 is 5.97 Å². The summed E-state index contributed by atoms with van der Waals surface area (Å²) < 4.78 is 15.2. The number of hydrogen-bond acceptors (Lipinski definition) is 4. The Labute approximate surface area is 100 Å². The lowest BCUT2D eigenvalue weighted by atomic mass is 9.80. The summed E-state index contributed by atoms with van der Waals surface area (Å²) in [6, 6.07) is 7.71. The third-order valence-corrected chi connectivity index (χ3v) is 3.05. The Hall–Kier alpha value is -1.55. The van der Waals surface area contributed by atoms with Gasteiger partial charge in [0.2, 0.25) is 0 Å². The van der Waals surface area contributed by atoms with Crippen molar-refractivity contribution < 1.29 is 19.0 Å². The minimum atomic E-state index is -0.513. The molecule has 0 radical (unpaired) electrons. The Bertz CT molecular complexity index is 410. The summed E-state index contributed by atoms with van der Waals surface area (Å²) in [5, 5.41) is 0. The molecule has 0 amide bonds. The molecule has 0 spiro atoms. The summed E-state index contributed by atoms with van der Waals surface area (Å²) >= 11 is 0. The molecule has 0 aliphatic carbocycles. The molecular weight excluding hydrogens is 220 g/mol. The van der Waals surface area contributed by atoms with E-state index in [0.717, 1.165) is 11.3 Å². The highest BCUT2D eigenvalue weighted by atomic mass is 16.5. The van der Waals surface area contributed by atoms with Crippen molar-refractivity contribution in [1.29, 1.82) is 0 Å². The molecule has 0 saturated carbocycles. The van der Waals surface area contributed by atoms with Gasteiger partial charge < -0.3 is 14.2 Å². The van der Waals surface area contributed by atoms with Gasteiger partial charge in [-0.15, -0.1) is 0 Å². The second-order valence-corrected chi connectivity index (χ2v) is 4.29. The van der Waals surface area contributed by atoms with E-state index in [1.807, 2.05) is 24.3 Å². The molecular formula is C13H16O4. The van der Waals surface area contributed by atoms with E-state index >= 15 is 0 Å². The van der Waals surface area contributed by atoms with Gasteiger partial charge in [0.1, 0.15) is 11.2 Å². The van der Waals surface area contributed by atoms with Gasteiger partial charge in [0, 0.05) is 0 Å². The van der Waals surface area contributed by atoms with E-state index in [4.69, 9.17) is 14.2 Å². The first-order chi connectivity index (χ1) is 8.20. The van der Waals surface area contributed by atoms with E-state index in [2.05, 4.69) is 0 Å². The molecule has 92 valence electrons. The maximum atomic E-state index is 11.7. The second-order valence-electron chi connectivity index (χ2n) is 4.29. The maximum absolute atomic E-state index is 11.7. The highest BCUT2D eigenvalue weighted by Crippen LogP contribution is 2.33. The van der Waals surface area contributed by atoms with E-state index in [9.17, 15) is 4.79 Å². The van der Waals surface area contributed by atoms with Crippen LogP contribution in [0.5, 0.6) is 5.75 Å². The van der Waals surface area contributed by atoms with E-state index < -0.39 is 5.41 Å². The van der Waals surface area contributed by atoms with Gasteiger partial charge in [-0.3, -0.25) is 4.79 Å².